The topological polar surface area (TPSA) is 82.7 Å². The zero-order chi connectivity index (χ0) is 21.9. The summed E-state index contributed by atoms with van der Waals surface area (Å²) >= 11 is 0. The molecule has 7 nitrogen and oxygen atoms in total. The summed E-state index contributed by atoms with van der Waals surface area (Å²) in [6, 6.07) is 7.20. The van der Waals surface area contributed by atoms with E-state index < -0.39 is 0 Å². The summed E-state index contributed by atoms with van der Waals surface area (Å²) in [6.45, 7) is 10.0. The summed E-state index contributed by atoms with van der Waals surface area (Å²) in [7, 11) is 1.85. The minimum absolute atomic E-state index is 0.00271. The van der Waals surface area contributed by atoms with E-state index in [1.165, 1.54) is 0 Å². The normalized spacial score (nSPS) is 21.6. The number of hydrogen-bond donors (Lipinski definition) is 3. The zero-order valence-electron chi connectivity index (χ0n) is 18.9. The average molecular weight is 417 g/mol. The molecule has 0 unspecified atom stereocenters. The largest absolute Gasteiger partial charge is 0.381 e. The first-order chi connectivity index (χ1) is 14.0. The highest BCUT2D eigenvalue weighted by Crippen LogP contribution is 2.28. The minimum Gasteiger partial charge on any atom is -0.381 e. The number of carbonyl (C=O) groups is 2. The van der Waals surface area contributed by atoms with E-state index >= 15 is 0 Å². The second kappa shape index (κ2) is 8.94. The van der Waals surface area contributed by atoms with E-state index in [1.807, 2.05) is 7.05 Å². The number of ether oxygens (including phenoxy) is 1. The fraction of sp³-hybridized carbons (Fsp3) is 0.652. The molecule has 2 heterocycles. The fourth-order valence-corrected chi connectivity index (χ4v) is 4.91. The van der Waals surface area contributed by atoms with Gasteiger partial charge in [0.2, 0.25) is 0 Å². The maximum absolute atomic E-state index is 12.7. The molecule has 0 aromatic heterocycles. The fourth-order valence-electron chi connectivity index (χ4n) is 4.91. The third-order valence-electron chi connectivity index (χ3n) is 5.97. The Kier molecular flexibility index (Phi) is 6.72. The van der Waals surface area contributed by atoms with Crippen LogP contribution in [0.25, 0.3) is 0 Å². The highest BCUT2D eigenvalue weighted by atomic mass is 16.5. The van der Waals surface area contributed by atoms with Crippen LogP contribution in [0.2, 0.25) is 0 Å². The molecule has 3 N–H and O–H groups in total. The van der Waals surface area contributed by atoms with Gasteiger partial charge in [0, 0.05) is 54.7 Å². The van der Waals surface area contributed by atoms with Crippen LogP contribution in [0.15, 0.2) is 24.3 Å². The third-order valence-corrected chi connectivity index (χ3v) is 5.97. The SMILES string of the molecule is CN(C(=O)c1ccc(NC(=O)NC2CC(C)(C)NC(C)(C)C2)cc1)C1CCOCC1. The van der Waals surface area contributed by atoms with Gasteiger partial charge in [-0.15, -0.1) is 0 Å². The van der Waals surface area contributed by atoms with Crippen LogP contribution in [0.4, 0.5) is 10.5 Å². The van der Waals surface area contributed by atoms with Crippen LogP contribution in [0.1, 0.15) is 63.7 Å². The van der Waals surface area contributed by atoms with Crippen molar-refractivity contribution < 1.29 is 14.3 Å². The zero-order valence-corrected chi connectivity index (χ0v) is 18.9. The molecular formula is C23H36N4O3. The van der Waals surface area contributed by atoms with Crippen molar-refractivity contribution in [2.45, 2.75) is 76.5 Å². The average Bonchev–Trinajstić information content (AvgIpc) is 2.65. The Balaban J connectivity index is 1.55. The predicted octanol–water partition coefficient (Wildman–Crippen LogP) is 3.37. The van der Waals surface area contributed by atoms with E-state index in [0.29, 0.717) is 24.5 Å². The van der Waals surface area contributed by atoms with Crippen molar-refractivity contribution in [2.24, 2.45) is 0 Å². The molecule has 0 bridgehead atoms. The van der Waals surface area contributed by atoms with Gasteiger partial charge < -0.3 is 25.6 Å². The summed E-state index contributed by atoms with van der Waals surface area (Å²) in [6.07, 6.45) is 3.48. The first-order valence-corrected chi connectivity index (χ1v) is 10.9. The number of anilines is 1. The Labute approximate surface area is 179 Å². The van der Waals surface area contributed by atoms with Gasteiger partial charge in [0.15, 0.2) is 0 Å². The number of nitrogens with one attached hydrogen (secondary N) is 3. The van der Waals surface area contributed by atoms with E-state index in [-0.39, 0.29) is 35.1 Å². The van der Waals surface area contributed by atoms with Crippen LogP contribution in [-0.2, 0) is 4.74 Å². The van der Waals surface area contributed by atoms with Gasteiger partial charge in [-0.2, -0.15) is 0 Å². The molecule has 0 aliphatic carbocycles. The van der Waals surface area contributed by atoms with Crippen LogP contribution in [0.5, 0.6) is 0 Å². The quantitative estimate of drug-likeness (QED) is 0.703. The van der Waals surface area contributed by atoms with Crippen molar-refractivity contribution in [1.29, 1.82) is 0 Å². The van der Waals surface area contributed by atoms with E-state index in [9.17, 15) is 9.59 Å². The van der Waals surface area contributed by atoms with Crippen molar-refractivity contribution in [2.75, 3.05) is 25.6 Å². The molecular weight excluding hydrogens is 380 g/mol. The molecule has 1 aromatic carbocycles. The van der Waals surface area contributed by atoms with Gasteiger partial charge in [0.1, 0.15) is 0 Å². The van der Waals surface area contributed by atoms with Gasteiger partial charge in [0.05, 0.1) is 0 Å². The van der Waals surface area contributed by atoms with Gasteiger partial charge in [-0.05, 0) is 77.6 Å². The molecule has 0 radical (unpaired) electrons. The van der Waals surface area contributed by atoms with Gasteiger partial charge in [0.25, 0.3) is 5.91 Å². The third kappa shape index (κ3) is 5.95. The van der Waals surface area contributed by atoms with E-state index in [2.05, 4.69) is 43.6 Å². The molecule has 2 aliphatic heterocycles. The van der Waals surface area contributed by atoms with Crippen LogP contribution in [0.3, 0.4) is 0 Å². The monoisotopic (exact) mass is 416 g/mol. The number of rotatable bonds is 4. The summed E-state index contributed by atoms with van der Waals surface area (Å²) in [5, 5.41) is 9.61. The smallest absolute Gasteiger partial charge is 0.319 e. The number of amides is 3. The number of urea groups is 1. The lowest BCUT2D eigenvalue weighted by molar-refractivity contribution is 0.0362. The molecule has 2 aliphatic rings. The Bertz CT molecular complexity index is 738. The van der Waals surface area contributed by atoms with Gasteiger partial charge >= 0.3 is 6.03 Å². The maximum atomic E-state index is 12.7. The lowest BCUT2D eigenvalue weighted by Crippen LogP contribution is -2.62. The predicted molar refractivity (Wildman–Crippen MR) is 119 cm³/mol. The van der Waals surface area contributed by atoms with Crippen molar-refractivity contribution in [3.05, 3.63) is 29.8 Å². The molecule has 0 atom stereocenters. The van der Waals surface area contributed by atoms with Crippen LogP contribution in [0, 0.1) is 0 Å². The summed E-state index contributed by atoms with van der Waals surface area (Å²) in [5.41, 5.74) is 1.23. The maximum Gasteiger partial charge on any atom is 0.319 e. The molecule has 2 fully saturated rings. The van der Waals surface area contributed by atoms with Gasteiger partial charge in [-0.3, -0.25) is 4.79 Å². The molecule has 3 rings (SSSR count). The second-order valence-electron chi connectivity index (χ2n) is 9.93. The van der Waals surface area contributed by atoms with Crippen molar-refractivity contribution >= 4 is 17.6 Å². The Hall–Kier alpha value is -2.12. The molecule has 30 heavy (non-hydrogen) atoms. The van der Waals surface area contributed by atoms with Crippen molar-refractivity contribution in [1.82, 2.24) is 15.5 Å². The van der Waals surface area contributed by atoms with E-state index in [1.54, 1.807) is 29.2 Å². The number of benzene rings is 1. The minimum atomic E-state index is -0.216. The summed E-state index contributed by atoms with van der Waals surface area (Å²) < 4.78 is 5.38. The van der Waals surface area contributed by atoms with E-state index in [4.69, 9.17) is 4.74 Å². The molecule has 166 valence electrons. The standard InChI is InChI=1S/C23H36N4O3/c1-22(2)14-18(15-23(3,4)26-22)25-21(29)24-17-8-6-16(7-9-17)20(28)27(5)19-10-12-30-13-11-19/h6-9,18-19,26H,10-15H2,1-5H3,(H2,24,25,29). The van der Waals surface area contributed by atoms with Crippen LogP contribution < -0.4 is 16.0 Å². The number of hydrogen-bond acceptors (Lipinski definition) is 4. The van der Waals surface area contributed by atoms with Crippen molar-refractivity contribution in [3.8, 4) is 0 Å². The molecule has 0 spiro atoms. The number of nitrogens with zero attached hydrogens (tertiary/aromatic N) is 1. The lowest BCUT2D eigenvalue weighted by atomic mass is 9.80. The van der Waals surface area contributed by atoms with Crippen molar-refractivity contribution in [3.63, 3.8) is 0 Å². The first kappa shape index (κ1) is 22.6. The molecule has 7 heteroatoms. The van der Waals surface area contributed by atoms with E-state index in [0.717, 1.165) is 25.7 Å². The number of piperidine rings is 1. The first-order valence-electron chi connectivity index (χ1n) is 10.9. The molecule has 2 saturated heterocycles. The Morgan fingerprint density at radius 3 is 2.17 bits per heavy atom. The summed E-state index contributed by atoms with van der Waals surface area (Å²) in [5.74, 6) is -0.00271. The van der Waals surface area contributed by atoms with Crippen LogP contribution >= 0.6 is 0 Å². The Morgan fingerprint density at radius 1 is 1.03 bits per heavy atom. The molecule has 0 saturated carbocycles. The Morgan fingerprint density at radius 2 is 1.60 bits per heavy atom. The molecule has 1 aromatic rings. The second-order valence-corrected chi connectivity index (χ2v) is 9.93. The highest BCUT2D eigenvalue weighted by molar-refractivity contribution is 5.95. The van der Waals surface area contributed by atoms with Gasteiger partial charge in [-0.25, -0.2) is 4.79 Å². The highest BCUT2D eigenvalue weighted by Gasteiger charge is 2.38. The van der Waals surface area contributed by atoms with Gasteiger partial charge in [-0.1, -0.05) is 0 Å². The number of carbonyl (C=O) groups excluding carboxylic acids is 2. The molecule has 3 amide bonds. The summed E-state index contributed by atoms with van der Waals surface area (Å²) in [4.78, 5) is 27.1. The lowest BCUT2D eigenvalue weighted by Gasteiger charge is -2.46. The van der Waals surface area contributed by atoms with Crippen LogP contribution in [-0.4, -0.2) is 60.3 Å².